The summed E-state index contributed by atoms with van der Waals surface area (Å²) in [5.74, 6) is 4.66. The maximum absolute atomic E-state index is 5.11. The minimum absolute atomic E-state index is 0.374. The van der Waals surface area contributed by atoms with E-state index in [0.717, 1.165) is 0 Å². The molecule has 5 heteroatoms. The Labute approximate surface area is 49.4 Å². The Morgan fingerprint density at radius 3 is 2.75 bits per heavy atom. The maximum Gasteiger partial charge on any atom is 0.270 e. The van der Waals surface area contributed by atoms with Gasteiger partial charge in [0.05, 0.1) is 6.61 Å². The quantitative estimate of drug-likeness (QED) is 0.330. The summed E-state index contributed by atoms with van der Waals surface area (Å²) < 4.78 is 8.84. The molecule has 0 aromatic heterocycles. The number of hydrogen-bond acceptors (Lipinski definition) is 4. The second-order valence-corrected chi connectivity index (χ2v) is 2.01. The van der Waals surface area contributed by atoms with E-state index >= 15 is 0 Å². The van der Waals surface area contributed by atoms with Gasteiger partial charge in [0.1, 0.15) is 0 Å². The first-order valence-electron chi connectivity index (χ1n) is 1.96. The highest BCUT2D eigenvalue weighted by Crippen LogP contribution is 2.24. The smallest absolute Gasteiger partial charge is 0.270 e. The van der Waals surface area contributed by atoms with Crippen molar-refractivity contribution in [3.05, 3.63) is 12.7 Å². The standard InChI is InChI=1S/C3H9N2O2P/c1-2-3-6-8(5)7-4/h2H,1,3-5H2. The van der Waals surface area contributed by atoms with Gasteiger partial charge in [-0.2, -0.15) is 0 Å². The number of hydrogen-bond donors (Lipinski definition) is 2. The highest BCUT2D eigenvalue weighted by molar-refractivity contribution is 7.44. The SMILES string of the molecule is C=CCOP(N)ON. The van der Waals surface area contributed by atoms with Crippen molar-refractivity contribution in [3.63, 3.8) is 0 Å². The minimum atomic E-state index is -1.38. The molecule has 1 unspecified atom stereocenters. The average molecular weight is 136 g/mol. The summed E-state index contributed by atoms with van der Waals surface area (Å²) in [5.41, 5.74) is 5.11. The zero-order chi connectivity index (χ0) is 6.41. The van der Waals surface area contributed by atoms with Gasteiger partial charge >= 0.3 is 0 Å². The van der Waals surface area contributed by atoms with Gasteiger partial charge in [-0.1, -0.05) is 6.08 Å². The molecule has 0 saturated carbocycles. The van der Waals surface area contributed by atoms with E-state index in [2.05, 4.69) is 17.1 Å². The normalized spacial score (nSPS) is 13.2. The summed E-state index contributed by atoms with van der Waals surface area (Å²) in [6.07, 6.45) is 1.57. The number of nitrogens with two attached hydrogens (primary N) is 2. The molecule has 0 aliphatic carbocycles. The highest BCUT2D eigenvalue weighted by Gasteiger charge is 1.96. The third kappa shape index (κ3) is 4.18. The van der Waals surface area contributed by atoms with E-state index < -0.39 is 8.53 Å². The Morgan fingerprint density at radius 2 is 2.38 bits per heavy atom. The van der Waals surface area contributed by atoms with Crippen molar-refractivity contribution < 1.29 is 9.15 Å². The Kier molecular flexibility index (Phi) is 5.16. The fraction of sp³-hybridized carbons (Fsp3) is 0.333. The van der Waals surface area contributed by atoms with Crippen LogP contribution in [0.3, 0.4) is 0 Å². The van der Waals surface area contributed by atoms with Gasteiger partial charge in [-0.3, -0.25) is 5.50 Å². The third-order valence-electron chi connectivity index (χ3n) is 0.424. The lowest BCUT2D eigenvalue weighted by Crippen LogP contribution is -2.02. The van der Waals surface area contributed by atoms with Gasteiger partial charge in [0, 0.05) is 0 Å². The van der Waals surface area contributed by atoms with Crippen molar-refractivity contribution >= 4 is 8.53 Å². The molecule has 8 heavy (non-hydrogen) atoms. The lowest BCUT2D eigenvalue weighted by molar-refractivity contribution is 0.275. The maximum atomic E-state index is 5.11. The molecule has 0 saturated heterocycles. The third-order valence-corrected chi connectivity index (χ3v) is 1.03. The first kappa shape index (κ1) is 8.01. The van der Waals surface area contributed by atoms with Crippen LogP contribution in [0.2, 0.25) is 0 Å². The van der Waals surface area contributed by atoms with Gasteiger partial charge in [0.2, 0.25) is 0 Å². The Morgan fingerprint density at radius 1 is 1.75 bits per heavy atom. The van der Waals surface area contributed by atoms with Crippen LogP contribution in [-0.4, -0.2) is 6.61 Å². The highest BCUT2D eigenvalue weighted by atomic mass is 31.2. The van der Waals surface area contributed by atoms with Crippen LogP contribution in [-0.2, 0) is 9.15 Å². The summed E-state index contributed by atoms with van der Waals surface area (Å²) in [5, 5.41) is 0. The molecule has 0 aromatic carbocycles. The second kappa shape index (κ2) is 5.15. The topological polar surface area (TPSA) is 70.5 Å². The largest absolute Gasteiger partial charge is 0.317 e. The molecule has 4 nitrogen and oxygen atoms in total. The monoisotopic (exact) mass is 136 g/mol. The van der Waals surface area contributed by atoms with Gasteiger partial charge < -0.3 is 4.52 Å². The lowest BCUT2D eigenvalue weighted by Gasteiger charge is -2.03. The summed E-state index contributed by atoms with van der Waals surface area (Å²) >= 11 is 0. The van der Waals surface area contributed by atoms with Crippen LogP contribution in [0.4, 0.5) is 0 Å². The van der Waals surface area contributed by atoms with E-state index in [4.69, 9.17) is 10.0 Å². The summed E-state index contributed by atoms with van der Waals surface area (Å²) in [6, 6.07) is 0. The van der Waals surface area contributed by atoms with Gasteiger partial charge in [0.15, 0.2) is 0 Å². The van der Waals surface area contributed by atoms with E-state index in [9.17, 15) is 0 Å². The van der Waals surface area contributed by atoms with Crippen LogP contribution in [0, 0.1) is 0 Å². The van der Waals surface area contributed by atoms with E-state index in [-0.39, 0.29) is 0 Å². The minimum Gasteiger partial charge on any atom is -0.317 e. The van der Waals surface area contributed by atoms with E-state index in [1.807, 2.05) is 0 Å². The second-order valence-electron chi connectivity index (χ2n) is 0.975. The van der Waals surface area contributed by atoms with Crippen LogP contribution < -0.4 is 11.4 Å². The Hall–Kier alpha value is 0.0100. The summed E-state index contributed by atoms with van der Waals surface area (Å²) in [4.78, 5) is 0. The molecule has 4 N–H and O–H groups in total. The van der Waals surface area contributed by atoms with Gasteiger partial charge in [-0.15, -0.1) is 6.58 Å². The molecule has 0 spiro atoms. The molecule has 0 rings (SSSR count). The van der Waals surface area contributed by atoms with Crippen LogP contribution in [0.1, 0.15) is 0 Å². The fourth-order valence-corrected chi connectivity index (χ4v) is 0.470. The van der Waals surface area contributed by atoms with E-state index in [0.29, 0.717) is 6.61 Å². The van der Waals surface area contributed by atoms with Gasteiger partial charge in [0.25, 0.3) is 8.53 Å². The van der Waals surface area contributed by atoms with Crippen LogP contribution >= 0.6 is 8.53 Å². The summed E-state index contributed by atoms with van der Waals surface area (Å²) in [6.45, 7) is 3.77. The van der Waals surface area contributed by atoms with Crippen molar-refractivity contribution in [2.45, 2.75) is 0 Å². The van der Waals surface area contributed by atoms with Crippen molar-refractivity contribution in [2.24, 2.45) is 11.4 Å². The molecule has 1 atom stereocenters. The van der Waals surface area contributed by atoms with Crippen molar-refractivity contribution in [1.82, 2.24) is 0 Å². The first-order chi connectivity index (χ1) is 3.81. The Bertz CT molecular complexity index is 70.3. The molecule has 48 valence electrons. The predicted octanol–water partition coefficient (Wildman–Crippen LogP) is 0.265. The van der Waals surface area contributed by atoms with E-state index in [1.165, 1.54) is 0 Å². The molecule has 0 aliphatic heterocycles. The van der Waals surface area contributed by atoms with Gasteiger partial charge in [-0.25, -0.2) is 10.5 Å². The molecular formula is C3H9N2O2P. The van der Waals surface area contributed by atoms with Crippen LogP contribution in [0.15, 0.2) is 12.7 Å². The first-order valence-corrected chi connectivity index (χ1v) is 3.21. The molecule has 0 heterocycles. The molecule has 0 amide bonds. The average Bonchev–Trinajstić information content (AvgIpc) is 1.83. The number of rotatable bonds is 4. The molecule has 0 radical (unpaired) electrons. The van der Waals surface area contributed by atoms with E-state index in [1.54, 1.807) is 6.08 Å². The molecule has 0 fully saturated rings. The molecule has 0 aliphatic rings. The van der Waals surface area contributed by atoms with Crippen molar-refractivity contribution in [1.29, 1.82) is 0 Å². The zero-order valence-corrected chi connectivity index (χ0v) is 5.30. The summed E-state index contributed by atoms with van der Waals surface area (Å²) in [7, 11) is -1.38. The molecular weight excluding hydrogens is 127 g/mol. The lowest BCUT2D eigenvalue weighted by atomic mass is 10.7. The predicted molar refractivity (Wildman–Crippen MR) is 32.5 cm³/mol. The van der Waals surface area contributed by atoms with Crippen molar-refractivity contribution in [2.75, 3.05) is 6.61 Å². The molecule has 0 aromatic rings. The molecule has 0 bridgehead atoms. The van der Waals surface area contributed by atoms with Crippen LogP contribution in [0.5, 0.6) is 0 Å². The fourth-order valence-electron chi connectivity index (χ4n) is 0.157. The zero-order valence-electron chi connectivity index (χ0n) is 4.41. The van der Waals surface area contributed by atoms with Gasteiger partial charge in [-0.05, 0) is 0 Å². The van der Waals surface area contributed by atoms with Crippen LogP contribution in [0.25, 0.3) is 0 Å². The Balaban J connectivity index is 2.97. The van der Waals surface area contributed by atoms with Crippen molar-refractivity contribution in [3.8, 4) is 0 Å².